The van der Waals surface area contributed by atoms with Crippen LogP contribution in [0.2, 0.25) is 0 Å². The lowest BCUT2D eigenvalue weighted by Crippen LogP contribution is -2.43. The molecular weight excluding hydrogens is 274 g/mol. The zero-order valence-corrected chi connectivity index (χ0v) is 13.2. The van der Waals surface area contributed by atoms with Gasteiger partial charge in [0.1, 0.15) is 0 Å². The second-order valence-corrected chi connectivity index (χ2v) is 7.56. The molecule has 0 atom stereocenters. The Morgan fingerprint density at radius 1 is 1.25 bits per heavy atom. The molecule has 0 aliphatic rings. The van der Waals surface area contributed by atoms with E-state index in [9.17, 15) is 13.2 Å². The van der Waals surface area contributed by atoms with Gasteiger partial charge in [0.15, 0.2) is 0 Å². The van der Waals surface area contributed by atoms with Crippen molar-refractivity contribution in [1.82, 2.24) is 4.31 Å². The molecule has 0 N–H and O–H groups in total. The molecule has 0 aromatic heterocycles. The van der Waals surface area contributed by atoms with Crippen molar-refractivity contribution >= 4 is 15.9 Å². The van der Waals surface area contributed by atoms with Crippen molar-refractivity contribution in [3.05, 3.63) is 42.5 Å². The third-order valence-corrected chi connectivity index (χ3v) is 4.54. The van der Waals surface area contributed by atoms with Gasteiger partial charge >= 0.3 is 0 Å². The van der Waals surface area contributed by atoms with E-state index >= 15 is 0 Å². The smallest absolute Gasteiger partial charge is 0.266 e. The monoisotopic (exact) mass is 295 g/mol. The van der Waals surface area contributed by atoms with Crippen LogP contribution in [-0.2, 0) is 14.8 Å². The fraction of sp³-hybridized carbons (Fsp3) is 0.400. The summed E-state index contributed by atoms with van der Waals surface area (Å²) in [5, 5.41) is 0. The number of rotatable bonds is 4. The van der Waals surface area contributed by atoms with Gasteiger partial charge in [-0.25, -0.2) is 12.7 Å². The zero-order chi connectivity index (χ0) is 15.6. The van der Waals surface area contributed by atoms with Gasteiger partial charge in [0, 0.05) is 5.41 Å². The topological polar surface area (TPSA) is 54.5 Å². The van der Waals surface area contributed by atoms with Crippen LogP contribution in [-0.4, -0.2) is 25.2 Å². The first-order valence-corrected chi connectivity index (χ1v) is 7.79. The maximum atomic E-state index is 12.6. The molecule has 0 saturated carbocycles. The maximum Gasteiger partial charge on any atom is 0.266 e. The van der Waals surface area contributed by atoms with Crippen molar-refractivity contribution in [1.29, 1.82) is 0 Å². The Balaban J connectivity index is 3.29. The minimum absolute atomic E-state index is 0.0354. The molecule has 0 unspecified atom stereocenters. The summed E-state index contributed by atoms with van der Waals surface area (Å²) >= 11 is 0. The highest BCUT2D eigenvalue weighted by Gasteiger charge is 2.35. The summed E-state index contributed by atoms with van der Waals surface area (Å²) in [6.45, 7) is 10.4. The van der Waals surface area contributed by atoms with E-state index in [1.54, 1.807) is 32.9 Å². The molecule has 0 fully saturated rings. The summed E-state index contributed by atoms with van der Waals surface area (Å²) < 4.78 is 26.0. The summed E-state index contributed by atoms with van der Waals surface area (Å²) in [6, 6.07) is 6.44. The highest BCUT2D eigenvalue weighted by Crippen LogP contribution is 2.24. The Labute approximate surface area is 121 Å². The van der Waals surface area contributed by atoms with Gasteiger partial charge in [0.2, 0.25) is 5.91 Å². The summed E-state index contributed by atoms with van der Waals surface area (Å²) in [6.07, 6.45) is 1.41. The number of aryl methyl sites for hydroxylation is 1. The van der Waals surface area contributed by atoms with Crippen LogP contribution < -0.4 is 0 Å². The Kier molecular flexibility index (Phi) is 4.76. The summed E-state index contributed by atoms with van der Waals surface area (Å²) in [5.41, 5.74) is 0.183. The molecule has 0 aliphatic heterocycles. The third kappa shape index (κ3) is 3.48. The number of sulfonamides is 1. The number of amides is 1. The molecule has 20 heavy (non-hydrogen) atoms. The van der Waals surface area contributed by atoms with Crippen LogP contribution >= 0.6 is 0 Å². The average molecular weight is 295 g/mol. The molecule has 0 radical (unpaired) electrons. The number of carbonyl (C=O) groups excluding carboxylic acids is 1. The Bertz CT molecular complexity index is 595. The minimum Gasteiger partial charge on any atom is -0.273 e. The van der Waals surface area contributed by atoms with E-state index in [2.05, 4.69) is 6.58 Å². The van der Waals surface area contributed by atoms with E-state index in [0.29, 0.717) is 0 Å². The van der Waals surface area contributed by atoms with Crippen LogP contribution in [0.25, 0.3) is 0 Å². The van der Waals surface area contributed by atoms with Crippen LogP contribution in [0.4, 0.5) is 0 Å². The molecule has 0 bridgehead atoms. The Morgan fingerprint density at radius 2 is 1.75 bits per heavy atom. The minimum atomic E-state index is -3.85. The lowest BCUT2D eigenvalue weighted by molar-refractivity contribution is -0.134. The molecule has 1 rings (SSSR count). The van der Waals surface area contributed by atoms with E-state index < -0.39 is 21.3 Å². The predicted molar refractivity (Wildman–Crippen MR) is 79.7 cm³/mol. The van der Waals surface area contributed by atoms with Crippen LogP contribution in [0.15, 0.2) is 41.8 Å². The predicted octanol–water partition coefficient (Wildman–Crippen LogP) is 2.74. The molecular formula is C15H21NO3S. The second-order valence-electron chi connectivity index (χ2n) is 5.69. The summed E-state index contributed by atoms with van der Waals surface area (Å²) in [4.78, 5) is 12.5. The molecule has 0 saturated heterocycles. The molecule has 5 heteroatoms. The van der Waals surface area contributed by atoms with Crippen LogP contribution in [0.3, 0.4) is 0 Å². The maximum absolute atomic E-state index is 12.6. The van der Waals surface area contributed by atoms with E-state index in [0.717, 1.165) is 9.87 Å². The zero-order valence-electron chi connectivity index (χ0n) is 12.4. The highest BCUT2D eigenvalue weighted by molar-refractivity contribution is 7.89. The van der Waals surface area contributed by atoms with Crippen molar-refractivity contribution in [3.8, 4) is 0 Å². The van der Waals surface area contributed by atoms with E-state index in [1.807, 2.05) is 6.92 Å². The number of benzene rings is 1. The first-order chi connectivity index (χ1) is 9.10. The van der Waals surface area contributed by atoms with Gasteiger partial charge in [-0.1, -0.05) is 44.5 Å². The second kappa shape index (κ2) is 5.79. The summed E-state index contributed by atoms with van der Waals surface area (Å²) in [5.74, 6) is -0.446. The molecule has 110 valence electrons. The molecule has 1 amide bonds. The highest BCUT2D eigenvalue weighted by atomic mass is 32.2. The lowest BCUT2D eigenvalue weighted by atomic mass is 9.96. The standard InChI is InChI=1S/C15H21NO3S/c1-6-11-16(14(17)15(3,4)5)20(18,19)13-9-7-12(2)8-10-13/h6-10H,1,11H2,2-5H3. The largest absolute Gasteiger partial charge is 0.273 e. The van der Waals surface area contributed by atoms with E-state index in [1.165, 1.54) is 18.2 Å². The first-order valence-electron chi connectivity index (χ1n) is 6.35. The van der Waals surface area contributed by atoms with Gasteiger partial charge < -0.3 is 0 Å². The fourth-order valence-electron chi connectivity index (χ4n) is 1.62. The van der Waals surface area contributed by atoms with Crippen molar-refractivity contribution in [2.75, 3.05) is 6.54 Å². The number of hydrogen-bond acceptors (Lipinski definition) is 3. The van der Waals surface area contributed by atoms with Crippen molar-refractivity contribution in [2.45, 2.75) is 32.6 Å². The van der Waals surface area contributed by atoms with E-state index in [-0.39, 0.29) is 11.4 Å². The van der Waals surface area contributed by atoms with Crippen molar-refractivity contribution in [2.24, 2.45) is 5.41 Å². The quantitative estimate of drug-likeness (QED) is 0.803. The Hall–Kier alpha value is -1.62. The first kappa shape index (κ1) is 16.4. The normalized spacial score (nSPS) is 12.0. The average Bonchev–Trinajstić information content (AvgIpc) is 2.34. The van der Waals surface area contributed by atoms with Gasteiger partial charge in [0.25, 0.3) is 10.0 Å². The molecule has 0 heterocycles. The van der Waals surface area contributed by atoms with Crippen molar-refractivity contribution < 1.29 is 13.2 Å². The van der Waals surface area contributed by atoms with E-state index in [4.69, 9.17) is 0 Å². The van der Waals surface area contributed by atoms with Gasteiger partial charge in [-0.15, -0.1) is 6.58 Å². The van der Waals surface area contributed by atoms with Gasteiger partial charge in [-0.2, -0.15) is 0 Å². The van der Waals surface area contributed by atoms with Crippen LogP contribution in [0.5, 0.6) is 0 Å². The molecule has 1 aromatic rings. The van der Waals surface area contributed by atoms with Gasteiger partial charge in [-0.05, 0) is 19.1 Å². The molecule has 4 nitrogen and oxygen atoms in total. The van der Waals surface area contributed by atoms with Crippen LogP contribution in [0.1, 0.15) is 26.3 Å². The van der Waals surface area contributed by atoms with Gasteiger partial charge in [0.05, 0.1) is 11.4 Å². The summed E-state index contributed by atoms with van der Waals surface area (Å²) in [7, 11) is -3.85. The SMILES string of the molecule is C=CCN(C(=O)C(C)(C)C)S(=O)(=O)c1ccc(C)cc1. The van der Waals surface area contributed by atoms with Gasteiger partial charge in [-0.3, -0.25) is 4.79 Å². The number of hydrogen-bond donors (Lipinski definition) is 0. The number of nitrogens with zero attached hydrogens (tertiary/aromatic N) is 1. The fourth-order valence-corrected chi connectivity index (χ4v) is 3.15. The molecule has 0 spiro atoms. The Morgan fingerprint density at radius 3 is 2.15 bits per heavy atom. The third-order valence-electron chi connectivity index (χ3n) is 2.77. The molecule has 0 aliphatic carbocycles. The van der Waals surface area contributed by atoms with Crippen molar-refractivity contribution in [3.63, 3.8) is 0 Å². The van der Waals surface area contributed by atoms with Crippen LogP contribution in [0, 0.1) is 12.3 Å². The molecule has 1 aromatic carbocycles. The lowest BCUT2D eigenvalue weighted by Gasteiger charge is -2.28. The number of carbonyl (C=O) groups is 1.